The van der Waals surface area contributed by atoms with Crippen molar-refractivity contribution in [2.45, 2.75) is 44.9 Å². The van der Waals surface area contributed by atoms with Gasteiger partial charge in [-0.05, 0) is 37.5 Å². The SMILES string of the molecule is CCc1cc(-c2cc3n(n2)CCCC3NC(=O)c2cc(C(F)(F)F)nn2C)ccn1. The number of carbonyl (C=O) groups is 1. The number of hydrogen-bond acceptors (Lipinski definition) is 4. The number of rotatable bonds is 4. The molecule has 4 heterocycles. The van der Waals surface area contributed by atoms with Gasteiger partial charge in [0, 0.05) is 37.1 Å². The summed E-state index contributed by atoms with van der Waals surface area (Å²) < 4.78 is 41.5. The number of alkyl halides is 3. The van der Waals surface area contributed by atoms with Crippen molar-refractivity contribution in [2.75, 3.05) is 0 Å². The Bertz CT molecular complexity index is 1080. The Labute approximate surface area is 170 Å². The topological polar surface area (TPSA) is 77.6 Å². The highest BCUT2D eigenvalue weighted by Crippen LogP contribution is 2.31. The van der Waals surface area contributed by atoms with Crippen LogP contribution in [0.5, 0.6) is 0 Å². The van der Waals surface area contributed by atoms with Gasteiger partial charge >= 0.3 is 6.18 Å². The number of pyridine rings is 1. The van der Waals surface area contributed by atoms with E-state index in [4.69, 9.17) is 0 Å². The molecule has 1 aliphatic rings. The van der Waals surface area contributed by atoms with Crippen LogP contribution in [0, 0.1) is 0 Å². The third-order valence-electron chi connectivity index (χ3n) is 5.21. The summed E-state index contributed by atoms with van der Waals surface area (Å²) >= 11 is 0. The minimum absolute atomic E-state index is 0.138. The van der Waals surface area contributed by atoms with Gasteiger partial charge in [-0.1, -0.05) is 6.92 Å². The monoisotopic (exact) mass is 418 g/mol. The Kier molecular flexibility index (Phi) is 5.08. The zero-order valence-electron chi connectivity index (χ0n) is 16.6. The molecule has 0 saturated heterocycles. The number of nitrogens with zero attached hydrogens (tertiary/aromatic N) is 5. The van der Waals surface area contributed by atoms with E-state index in [1.807, 2.05) is 29.8 Å². The summed E-state index contributed by atoms with van der Waals surface area (Å²) in [7, 11) is 1.32. The summed E-state index contributed by atoms with van der Waals surface area (Å²) in [4.78, 5) is 17.0. The first-order valence-electron chi connectivity index (χ1n) is 9.71. The summed E-state index contributed by atoms with van der Waals surface area (Å²) in [6, 6.07) is 6.21. The number of halogens is 3. The van der Waals surface area contributed by atoms with E-state index >= 15 is 0 Å². The van der Waals surface area contributed by atoms with Gasteiger partial charge in [0.05, 0.1) is 17.4 Å². The van der Waals surface area contributed by atoms with E-state index in [9.17, 15) is 18.0 Å². The van der Waals surface area contributed by atoms with Crippen LogP contribution in [-0.2, 0) is 26.2 Å². The maximum Gasteiger partial charge on any atom is 0.435 e. The first-order chi connectivity index (χ1) is 14.3. The Balaban J connectivity index is 1.59. The van der Waals surface area contributed by atoms with Gasteiger partial charge in [-0.25, -0.2) is 0 Å². The molecular weight excluding hydrogens is 397 g/mol. The van der Waals surface area contributed by atoms with E-state index in [2.05, 4.69) is 20.5 Å². The molecule has 4 rings (SSSR count). The van der Waals surface area contributed by atoms with Crippen molar-refractivity contribution >= 4 is 5.91 Å². The smallest absolute Gasteiger partial charge is 0.342 e. The highest BCUT2D eigenvalue weighted by molar-refractivity contribution is 5.93. The van der Waals surface area contributed by atoms with Crippen LogP contribution < -0.4 is 5.32 Å². The van der Waals surface area contributed by atoms with Crippen LogP contribution in [-0.4, -0.2) is 30.5 Å². The maximum absolute atomic E-state index is 12.9. The van der Waals surface area contributed by atoms with Crippen LogP contribution in [0.15, 0.2) is 30.5 Å². The number of hydrogen-bond donors (Lipinski definition) is 1. The van der Waals surface area contributed by atoms with Gasteiger partial charge in [0.15, 0.2) is 5.69 Å². The zero-order valence-corrected chi connectivity index (χ0v) is 16.6. The van der Waals surface area contributed by atoms with Gasteiger partial charge < -0.3 is 5.32 Å². The van der Waals surface area contributed by atoms with Crippen LogP contribution >= 0.6 is 0 Å². The van der Waals surface area contributed by atoms with Crippen LogP contribution in [0.25, 0.3) is 11.3 Å². The van der Waals surface area contributed by atoms with Gasteiger partial charge in [-0.15, -0.1) is 0 Å². The van der Waals surface area contributed by atoms with Crippen molar-refractivity contribution in [2.24, 2.45) is 7.05 Å². The molecule has 0 aromatic carbocycles. The zero-order chi connectivity index (χ0) is 21.5. The largest absolute Gasteiger partial charge is 0.435 e. The molecule has 1 aliphatic heterocycles. The molecule has 1 atom stereocenters. The molecule has 0 radical (unpaired) electrons. The Morgan fingerprint density at radius 3 is 2.77 bits per heavy atom. The Hall–Kier alpha value is -3.17. The number of fused-ring (bicyclic) bond motifs is 1. The highest BCUT2D eigenvalue weighted by Gasteiger charge is 2.36. The normalized spacial score (nSPS) is 16.4. The predicted molar refractivity (Wildman–Crippen MR) is 102 cm³/mol. The van der Waals surface area contributed by atoms with Crippen LogP contribution in [0.3, 0.4) is 0 Å². The van der Waals surface area contributed by atoms with Crippen LogP contribution in [0.1, 0.15) is 53.4 Å². The molecule has 1 N–H and O–H groups in total. The fourth-order valence-electron chi connectivity index (χ4n) is 3.65. The molecule has 7 nitrogen and oxygen atoms in total. The second-order valence-electron chi connectivity index (χ2n) is 7.27. The summed E-state index contributed by atoms with van der Waals surface area (Å²) in [6.07, 6.45) is -0.570. The molecule has 1 unspecified atom stereocenters. The molecule has 0 aliphatic carbocycles. The quantitative estimate of drug-likeness (QED) is 0.703. The highest BCUT2D eigenvalue weighted by atomic mass is 19.4. The number of carbonyl (C=O) groups excluding carboxylic acids is 1. The molecule has 3 aromatic rings. The third kappa shape index (κ3) is 3.81. The minimum Gasteiger partial charge on any atom is -0.342 e. The van der Waals surface area contributed by atoms with Crippen molar-refractivity contribution in [3.05, 3.63) is 53.2 Å². The van der Waals surface area contributed by atoms with Crippen LogP contribution in [0.2, 0.25) is 0 Å². The van der Waals surface area contributed by atoms with Gasteiger partial charge in [-0.2, -0.15) is 23.4 Å². The maximum atomic E-state index is 12.9. The lowest BCUT2D eigenvalue weighted by Crippen LogP contribution is -2.33. The van der Waals surface area contributed by atoms with Crippen molar-refractivity contribution in [1.82, 2.24) is 29.9 Å². The van der Waals surface area contributed by atoms with Crippen molar-refractivity contribution in [3.8, 4) is 11.3 Å². The average molecular weight is 418 g/mol. The van der Waals surface area contributed by atoms with E-state index in [0.29, 0.717) is 6.42 Å². The van der Waals surface area contributed by atoms with Gasteiger partial charge in [0.2, 0.25) is 0 Å². The first-order valence-corrected chi connectivity index (χ1v) is 9.71. The molecule has 1 amide bonds. The second kappa shape index (κ2) is 7.58. The first kappa shape index (κ1) is 20.1. The molecule has 0 saturated carbocycles. The summed E-state index contributed by atoms with van der Waals surface area (Å²) in [5.41, 5.74) is 2.28. The molecule has 30 heavy (non-hydrogen) atoms. The summed E-state index contributed by atoms with van der Waals surface area (Å²) in [5, 5.41) is 10.9. The number of aromatic nitrogens is 5. The lowest BCUT2D eigenvalue weighted by Gasteiger charge is -2.24. The second-order valence-corrected chi connectivity index (χ2v) is 7.27. The van der Waals surface area contributed by atoms with E-state index < -0.39 is 17.8 Å². The predicted octanol–water partition coefficient (Wildman–Crippen LogP) is 3.52. The van der Waals surface area contributed by atoms with E-state index in [-0.39, 0.29) is 11.7 Å². The van der Waals surface area contributed by atoms with Crippen molar-refractivity contribution < 1.29 is 18.0 Å². The molecule has 3 aromatic heterocycles. The van der Waals surface area contributed by atoms with E-state index in [1.165, 1.54) is 7.05 Å². The average Bonchev–Trinajstić information content (AvgIpc) is 3.32. The Morgan fingerprint density at radius 1 is 1.27 bits per heavy atom. The van der Waals surface area contributed by atoms with Crippen LogP contribution in [0.4, 0.5) is 13.2 Å². The van der Waals surface area contributed by atoms with Gasteiger partial charge in [0.1, 0.15) is 5.69 Å². The third-order valence-corrected chi connectivity index (χ3v) is 5.21. The number of nitrogens with one attached hydrogen (secondary N) is 1. The van der Waals surface area contributed by atoms with E-state index in [0.717, 1.165) is 52.8 Å². The fourth-order valence-corrected chi connectivity index (χ4v) is 3.65. The molecule has 158 valence electrons. The van der Waals surface area contributed by atoms with Gasteiger partial charge in [-0.3, -0.25) is 19.1 Å². The molecule has 0 bridgehead atoms. The lowest BCUT2D eigenvalue weighted by atomic mass is 10.0. The van der Waals surface area contributed by atoms with Crippen molar-refractivity contribution in [1.29, 1.82) is 0 Å². The van der Waals surface area contributed by atoms with Crippen molar-refractivity contribution in [3.63, 3.8) is 0 Å². The molecule has 0 fully saturated rings. The van der Waals surface area contributed by atoms with Gasteiger partial charge in [0.25, 0.3) is 5.91 Å². The van der Waals surface area contributed by atoms with E-state index in [1.54, 1.807) is 6.20 Å². The standard InChI is InChI=1S/C20H21F3N6O/c1-3-13-9-12(6-7-24-13)15-10-16-14(5-4-8-29(16)26-15)25-19(30)17-11-18(20(21,22)23)27-28(17)2/h6-7,9-11,14H,3-5,8H2,1-2H3,(H,25,30). The molecular formula is C20H21F3N6O. The summed E-state index contributed by atoms with van der Waals surface area (Å²) in [6.45, 7) is 2.75. The fraction of sp³-hybridized carbons (Fsp3) is 0.400. The molecule has 10 heteroatoms. The number of aryl methyl sites for hydroxylation is 3. The Morgan fingerprint density at radius 2 is 2.07 bits per heavy atom. The minimum atomic E-state index is -4.60. The summed E-state index contributed by atoms with van der Waals surface area (Å²) in [5.74, 6) is -0.598. The number of amides is 1. The lowest BCUT2D eigenvalue weighted by molar-refractivity contribution is -0.141. The molecule has 0 spiro atoms.